The van der Waals surface area contributed by atoms with Gasteiger partial charge in [0.25, 0.3) is 5.92 Å². The lowest BCUT2D eigenvalue weighted by atomic mass is 9.83. The van der Waals surface area contributed by atoms with Crippen LogP contribution in [-0.4, -0.2) is 44.0 Å². The molecule has 1 atom stereocenters. The Morgan fingerprint density at radius 1 is 1.13 bits per heavy atom. The van der Waals surface area contributed by atoms with Gasteiger partial charge >= 0.3 is 0 Å². The second-order valence-corrected chi connectivity index (χ2v) is 4.95. The van der Waals surface area contributed by atoms with Crippen LogP contribution in [0.3, 0.4) is 0 Å². The first kappa shape index (κ1) is 11.3. The van der Waals surface area contributed by atoms with E-state index in [-0.39, 0.29) is 0 Å². The topological polar surface area (TPSA) is 15.3 Å². The molecule has 2 nitrogen and oxygen atoms in total. The van der Waals surface area contributed by atoms with Crippen LogP contribution in [0.25, 0.3) is 0 Å². The molecule has 0 bridgehead atoms. The number of nitrogens with one attached hydrogen (secondary N) is 1. The first-order chi connectivity index (χ1) is 7.10. The van der Waals surface area contributed by atoms with Crippen LogP contribution in [-0.2, 0) is 0 Å². The fourth-order valence-corrected chi connectivity index (χ4v) is 2.79. The molecule has 4 heteroatoms. The van der Waals surface area contributed by atoms with Gasteiger partial charge in [-0.05, 0) is 45.9 Å². The quantitative estimate of drug-likeness (QED) is 0.757. The van der Waals surface area contributed by atoms with E-state index in [9.17, 15) is 8.78 Å². The summed E-state index contributed by atoms with van der Waals surface area (Å²) in [6.45, 7) is 2.90. The Hall–Kier alpha value is -0.220. The summed E-state index contributed by atoms with van der Waals surface area (Å²) in [6, 6.07) is 0. The van der Waals surface area contributed by atoms with Crippen molar-refractivity contribution < 1.29 is 8.78 Å². The van der Waals surface area contributed by atoms with Crippen LogP contribution in [0.15, 0.2) is 0 Å². The van der Waals surface area contributed by atoms with Crippen molar-refractivity contribution in [2.24, 2.45) is 11.8 Å². The molecule has 1 N–H and O–H groups in total. The molecule has 2 saturated heterocycles. The van der Waals surface area contributed by atoms with Crippen molar-refractivity contribution in [1.82, 2.24) is 10.2 Å². The highest BCUT2D eigenvalue weighted by molar-refractivity contribution is 4.91. The van der Waals surface area contributed by atoms with E-state index in [4.69, 9.17) is 0 Å². The van der Waals surface area contributed by atoms with Crippen molar-refractivity contribution in [1.29, 1.82) is 0 Å². The van der Waals surface area contributed by atoms with E-state index in [1.807, 2.05) is 11.9 Å². The van der Waals surface area contributed by atoms with Crippen molar-refractivity contribution in [3.05, 3.63) is 0 Å². The maximum Gasteiger partial charge on any atom is 0.255 e. The summed E-state index contributed by atoms with van der Waals surface area (Å²) in [6.07, 6.45) is 1.92. The Morgan fingerprint density at radius 3 is 2.33 bits per heavy atom. The van der Waals surface area contributed by atoms with Crippen LogP contribution < -0.4 is 5.32 Å². The van der Waals surface area contributed by atoms with E-state index in [1.165, 1.54) is 0 Å². The number of halogens is 2. The summed E-state index contributed by atoms with van der Waals surface area (Å²) in [5, 5.41) is 3.14. The SMILES string of the molecule is CN1CCC(C(F)(F)C2CCNCC2)C1. The van der Waals surface area contributed by atoms with Gasteiger partial charge in [-0.3, -0.25) is 0 Å². The van der Waals surface area contributed by atoms with Gasteiger partial charge in [-0.15, -0.1) is 0 Å². The fraction of sp³-hybridized carbons (Fsp3) is 1.00. The summed E-state index contributed by atoms with van der Waals surface area (Å²) >= 11 is 0. The lowest BCUT2D eigenvalue weighted by Gasteiger charge is -2.34. The second-order valence-electron chi connectivity index (χ2n) is 4.95. The first-order valence-corrected chi connectivity index (χ1v) is 5.88. The zero-order valence-electron chi connectivity index (χ0n) is 9.31. The molecule has 0 radical (unpaired) electrons. The molecule has 0 aromatic rings. The third kappa shape index (κ3) is 2.31. The van der Waals surface area contributed by atoms with Crippen LogP contribution in [0.5, 0.6) is 0 Å². The highest BCUT2D eigenvalue weighted by Crippen LogP contribution is 2.41. The number of rotatable bonds is 2. The molecular weight excluding hydrogens is 198 g/mol. The standard InChI is InChI=1S/C11H20F2N2/c1-15-7-4-10(8-15)11(12,13)9-2-5-14-6-3-9/h9-10,14H,2-8H2,1H3. The summed E-state index contributed by atoms with van der Waals surface area (Å²) < 4.78 is 28.3. The van der Waals surface area contributed by atoms with E-state index in [0.717, 1.165) is 19.6 Å². The molecule has 15 heavy (non-hydrogen) atoms. The second kappa shape index (κ2) is 4.34. The summed E-state index contributed by atoms with van der Waals surface area (Å²) in [5.41, 5.74) is 0. The van der Waals surface area contributed by atoms with Crippen LogP contribution in [0, 0.1) is 11.8 Å². The smallest absolute Gasteiger partial charge is 0.255 e. The van der Waals surface area contributed by atoms with Crippen LogP contribution in [0.4, 0.5) is 8.78 Å². The number of likely N-dealkylation sites (tertiary alicyclic amines) is 1. The monoisotopic (exact) mass is 218 g/mol. The maximum atomic E-state index is 14.1. The first-order valence-electron chi connectivity index (χ1n) is 5.88. The maximum absolute atomic E-state index is 14.1. The van der Waals surface area contributed by atoms with Gasteiger partial charge in [0, 0.05) is 18.4 Å². The average Bonchev–Trinajstić information content (AvgIpc) is 2.67. The van der Waals surface area contributed by atoms with Crippen molar-refractivity contribution in [2.75, 3.05) is 33.2 Å². The van der Waals surface area contributed by atoms with Gasteiger partial charge in [0.2, 0.25) is 0 Å². The highest BCUT2D eigenvalue weighted by atomic mass is 19.3. The normalized spacial score (nSPS) is 31.0. The zero-order valence-corrected chi connectivity index (χ0v) is 9.31. The molecule has 2 aliphatic rings. The Labute approximate surface area is 90.0 Å². The molecule has 2 heterocycles. The number of hydrogen-bond donors (Lipinski definition) is 1. The zero-order chi connectivity index (χ0) is 10.9. The molecule has 2 rings (SSSR count). The van der Waals surface area contributed by atoms with Gasteiger partial charge < -0.3 is 10.2 Å². The molecule has 0 spiro atoms. The molecule has 0 saturated carbocycles. The molecule has 0 aromatic carbocycles. The highest BCUT2D eigenvalue weighted by Gasteiger charge is 2.48. The molecule has 88 valence electrons. The third-order valence-corrected chi connectivity index (χ3v) is 3.82. The predicted molar refractivity (Wildman–Crippen MR) is 56.1 cm³/mol. The van der Waals surface area contributed by atoms with Gasteiger partial charge in [-0.2, -0.15) is 0 Å². The minimum absolute atomic E-state index is 0.393. The largest absolute Gasteiger partial charge is 0.317 e. The number of alkyl halides is 2. The van der Waals surface area contributed by atoms with Crippen molar-refractivity contribution in [3.8, 4) is 0 Å². The third-order valence-electron chi connectivity index (χ3n) is 3.82. The van der Waals surface area contributed by atoms with E-state index >= 15 is 0 Å². The van der Waals surface area contributed by atoms with Gasteiger partial charge in [0.1, 0.15) is 0 Å². The van der Waals surface area contributed by atoms with Gasteiger partial charge in [-0.25, -0.2) is 8.78 Å². The van der Waals surface area contributed by atoms with Gasteiger partial charge in [0.05, 0.1) is 0 Å². The number of nitrogens with zero attached hydrogens (tertiary/aromatic N) is 1. The Morgan fingerprint density at radius 2 is 1.80 bits per heavy atom. The lowest BCUT2D eigenvalue weighted by Crippen LogP contribution is -2.43. The summed E-state index contributed by atoms with van der Waals surface area (Å²) in [4.78, 5) is 2.01. The van der Waals surface area contributed by atoms with Crippen molar-refractivity contribution in [2.45, 2.75) is 25.2 Å². The molecule has 1 unspecified atom stereocenters. The van der Waals surface area contributed by atoms with Crippen LogP contribution in [0.2, 0.25) is 0 Å². The number of hydrogen-bond acceptors (Lipinski definition) is 2. The van der Waals surface area contributed by atoms with Gasteiger partial charge in [-0.1, -0.05) is 0 Å². The molecule has 2 aliphatic heterocycles. The Bertz CT molecular complexity index is 208. The van der Waals surface area contributed by atoms with E-state index in [2.05, 4.69) is 5.32 Å². The van der Waals surface area contributed by atoms with Crippen LogP contribution >= 0.6 is 0 Å². The molecular formula is C11H20F2N2. The van der Waals surface area contributed by atoms with E-state index in [0.29, 0.717) is 25.8 Å². The Balaban J connectivity index is 1.97. The van der Waals surface area contributed by atoms with Crippen LogP contribution in [0.1, 0.15) is 19.3 Å². The van der Waals surface area contributed by atoms with E-state index < -0.39 is 17.8 Å². The van der Waals surface area contributed by atoms with Crippen molar-refractivity contribution in [3.63, 3.8) is 0 Å². The van der Waals surface area contributed by atoms with Crippen molar-refractivity contribution >= 4 is 0 Å². The van der Waals surface area contributed by atoms with E-state index in [1.54, 1.807) is 0 Å². The lowest BCUT2D eigenvalue weighted by molar-refractivity contribution is -0.113. The fourth-order valence-electron chi connectivity index (χ4n) is 2.79. The predicted octanol–water partition coefficient (Wildman–Crippen LogP) is 1.57. The molecule has 0 aromatic heterocycles. The van der Waals surface area contributed by atoms with Gasteiger partial charge in [0.15, 0.2) is 0 Å². The minimum atomic E-state index is -2.45. The summed E-state index contributed by atoms with van der Waals surface area (Å²) in [7, 11) is 1.93. The molecule has 2 fully saturated rings. The molecule has 0 aliphatic carbocycles. The molecule has 0 amide bonds. The Kier molecular flexibility index (Phi) is 3.26. The average molecular weight is 218 g/mol. The number of piperidine rings is 1. The minimum Gasteiger partial charge on any atom is -0.317 e. The summed E-state index contributed by atoms with van der Waals surface area (Å²) in [5.74, 6) is -3.26.